The van der Waals surface area contributed by atoms with Crippen LogP contribution in [0, 0.1) is 13.8 Å². The van der Waals surface area contributed by atoms with Gasteiger partial charge in [0.05, 0.1) is 0 Å². The second kappa shape index (κ2) is 7.27. The van der Waals surface area contributed by atoms with Crippen molar-refractivity contribution in [2.24, 2.45) is 0 Å². The molecule has 0 N–H and O–H groups in total. The van der Waals surface area contributed by atoms with Gasteiger partial charge in [-0.3, -0.25) is 0 Å². The third-order valence-electron chi connectivity index (χ3n) is 3.05. The van der Waals surface area contributed by atoms with Crippen LogP contribution in [0.25, 0.3) is 6.08 Å². The molecule has 0 aliphatic rings. The second-order valence-corrected chi connectivity index (χ2v) is 4.56. The zero-order valence-corrected chi connectivity index (χ0v) is 10.9. The molecule has 0 radical (unpaired) electrons. The summed E-state index contributed by atoms with van der Waals surface area (Å²) in [4.78, 5) is 0. The molecule has 1 aromatic rings. The molecule has 0 aromatic heterocycles. The van der Waals surface area contributed by atoms with E-state index in [-0.39, 0.29) is 0 Å². The molecule has 0 saturated heterocycles. The highest BCUT2D eigenvalue weighted by molar-refractivity contribution is 5.57. The van der Waals surface area contributed by atoms with Gasteiger partial charge in [0.15, 0.2) is 0 Å². The van der Waals surface area contributed by atoms with Crippen LogP contribution in [0.3, 0.4) is 0 Å². The van der Waals surface area contributed by atoms with Crippen LogP contribution in [0.5, 0.6) is 0 Å². The van der Waals surface area contributed by atoms with Gasteiger partial charge < -0.3 is 0 Å². The Kier molecular flexibility index (Phi) is 5.92. The zero-order chi connectivity index (χ0) is 11.8. The van der Waals surface area contributed by atoms with Crippen molar-refractivity contribution in [2.75, 3.05) is 0 Å². The van der Waals surface area contributed by atoms with Gasteiger partial charge in [-0.25, -0.2) is 0 Å². The van der Waals surface area contributed by atoms with Gasteiger partial charge in [0.1, 0.15) is 0 Å². The number of aryl methyl sites for hydroxylation is 2. The van der Waals surface area contributed by atoms with Crippen molar-refractivity contribution in [2.45, 2.75) is 52.9 Å². The molecule has 1 aromatic carbocycles. The van der Waals surface area contributed by atoms with E-state index in [1.165, 1.54) is 48.8 Å². The van der Waals surface area contributed by atoms with Crippen LogP contribution in [0.4, 0.5) is 0 Å². The molecule has 0 nitrogen and oxygen atoms in total. The number of hydrogen-bond donors (Lipinski definition) is 0. The lowest BCUT2D eigenvalue weighted by Gasteiger charge is -2.04. The van der Waals surface area contributed by atoms with E-state index in [0.29, 0.717) is 0 Å². The summed E-state index contributed by atoms with van der Waals surface area (Å²) in [6, 6.07) is 6.50. The summed E-state index contributed by atoms with van der Waals surface area (Å²) in [5, 5.41) is 0. The van der Waals surface area contributed by atoms with Crippen LogP contribution in [0.2, 0.25) is 0 Å². The fourth-order valence-electron chi connectivity index (χ4n) is 1.98. The first-order valence-corrected chi connectivity index (χ1v) is 6.48. The molecular weight excluding hydrogens is 192 g/mol. The molecule has 0 fully saturated rings. The van der Waals surface area contributed by atoms with Gasteiger partial charge >= 0.3 is 0 Å². The predicted octanol–water partition coefficient (Wildman–Crippen LogP) is 5.29. The van der Waals surface area contributed by atoms with Crippen molar-refractivity contribution in [1.82, 2.24) is 0 Å². The van der Waals surface area contributed by atoms with Crippen molar-refractivity contribution < 1.29 is 0 Å². The van der Waals surface area contributed by atoms with E-state index in [4.69, 9.17) is 0 Å². The summed E-state index contributed by atoms with van der Waals surface area (Å²) in [5.41, 5.74) is 4.16. The highest BCUT2D eigenvalue weighted by atomic mass is 14.0. The average Bonchev–Trinajstić information content (AvgIpc) is 2.26. The van der Waals surface area contributed by atoms with Gasteiger partial charge in [0.25, 0.3) is 0 Å². The highest BCUT2D eigenvalue weighted by Crippen LogP contribution is 2.15. The summed E-state index contributed by atoms with van der Waals surface area (Å²) >= 11 is 0. The average molecular weight is 216 g/mol. The van der Waals surface area contributed by atoms with Gasteiger partial charge in [0.2, 0.25) is 0 Å². The van der Waals surface area contributed by atoms with Crippen molar-refractivity contribution in [1.29, 1.82) is 0 Å². The quantitative estimate of drug-likeness (QED) is 0.567. The Bertz CT molecular complexity index is 314. The molecule has 0 spiro atoms. The standard InChI is InChI=1S/C16H24/c1-4-5-6-7-8-9-13-16-14(2)11-10-12-15(16)3/h9-13H,4-8H2,1-3H3. The van der Waals surface area contributed by atoms with Gasteiger partial charge in [0, 0.05) is 0 Å². The lowest BCUT2D eigenvalue weighted by molar-refractivity contribution is 0.675. The summed E-state index contributed by atoms with van der Waals surface area (Å²) in [5.74, 6) is 0. The summed E-state index contributed by atoms with van der Waals surface area (Å²) in [6.07, 6.45) is 11.2. The van der Waals surface area contributed by atoms with Gasteiger partial charge in [-0.2, -0.15) is 0 Å². The van der Waals surface area contributed by atoms with Crippen LogP contribution in [0.1, 0.15) is 55.7 Å². The van der Waals surface area contributed by atoms with E-state index >= 15 is 0 Å². The fourth-order valence-corrected chi connectivity index (χ4v) is 1.98. The third-order valence-corrected chi connectivity index (χ3v) is 3.05. The Balaban J connectivity index is 2.44. The molecule has 88 valence electrons. The number of benzene rings is 1. The molecule has 0 heterocycles. The molecule has 0 aliphatic heterocycles. The van der Waals surface area contributed by atoms with Crippen LogP contribution < -0.4 is 0 Å². The minimum absolute atomic E-state index is 1.22. The molecule has 1 rings (SSSR count). The minimum atomic E-state index is 1.22. The van der Waals surface area contributed by atoms with Crippen molar-refractivity contribution >= 4 is 6.08 Å². The first-order chi connectivity index (χ1) is 7.75. The topological polar surface area (TPSA) is 0 Å². The second-order valence-electron chi connectivity index (χ2n) is 4.56. The van der Waals surface area contributed by atoms with Crippen molar-refractivity contribution in [3.63, 3.8) is 0 Å². The number of rotatable bonds is 6. The van der Waals surface area contributed by atoms with Crippen LogP contribution in [-0.2, 0) is 0 Å². The maximum Gasteiger partial charge on any atom is -0.0201 e. The first kappa shape index (κ1) is 13.0. The smallest absolute Gasteiger partial charge is 0.0201 e. The van der Waals surface area contributed by atoms with E-state index in [0.717, 1.165) is 0 Å². The maximum atomic E-state index is 2.32. The van der Waals surface area contributed by atoms with E-state index in [9.17, 15) is 0 Å². The molecule has 0 heteroatoms. The summed E-state index contributed by atoms with van der Waals surface area (Å²) in [7, 11) is 0. The summed E-state index contributed by atoms with van der Waals surface area (Å²) in [6.45, 7) is 6.63. The zero-order valence-electron chi connectivity index (χ0n) is 10.9. The molecule has 0 saturated carbocycles. The third kappa shape index (κ3) is 4.22. The van der Waals surface area contributed by atoms with E-state index in [1.54, 1.807) is 0 Å². The van der Waals surface area contributed by atoms with Crippen molar-refractivity contribution in [3.8, 4) is 0 Å². The van der Waals surface area contributed by atoms with E-state index in [1.807, 2.05) is 0 Å². The van der Waals surface area contributed by atoms with Crippen molar-refractivity contribution in [3.05, 3.63) is 41.0 Å². The molecule has 0 aliphatic carbocycles. The number of allylic oxidation sites excluding steroid dienone is 1. The molecule has 0 unspecified atom stereocenters. The Morgan fingerprint density at radius 1 is 1.00 bits per heavy atom. The SMILES string of the molecule is CCCCCCC=Cc1c(C)cccc1C. The summed E-state index contributed by atoms with van der Waals surface area (Å²) < 4.78 is 0. The molecule has 0 atom stereocenters. The molecule has 0 amide bonds. The van der Waals surface area contributed by atoms with E-state index in [2.05, 4.69) is 51.1 Å². The Morgan fingerprint density at radius 2 is 1.69 bits per heavy atom. The fraction of sp³-hybridized carbons (Fsp3) is 0.500. The Hall–Kier alpha value is -1.04. The Morgan fingerprint density at radius 3 is 2.31 bits per heavy atom. The normalized spacial score (nSPS) is 11.2. The van der Waals surface area contributed by atoms with Crippen LogP contribution >= 0.6 is 0 Å². The molecule has 16 heavy (non-hydrogen) atoms. The van der Waals surface area contributed by atoms with Gasteiger partial charge in [-0.05, 0) is 43.4 Å². The Labute approximate surface area is 100 Å². The predicted molar refractivity (Wildman–Crippen MR) is 73.7 cm³/mol. The first-order valence-electron chi connectivity index (χ1n) is 6.48. The van der Waals surface area contributed by atoms with E-state index < -0.39 is 0 Å². The van der Waals surface area contributed by atoms with Gasteiger partial charge in [-0.1, -0.05) is 56.5 Å². The highest BCUT2D eigenvalue weighted by Gasteiger charge is 1.96. The maximum absolute atomic E-state index is 2.32. The van der Waals surface area contributed by atoms with Crippen LogP contribution in [-0.4, -0.2) is 0 Å². The number of unbranched alkanes of at least 4 members (excludes halogenated alkanes) is 4. The van der Waals surface area contributed by atoms with Gasteiger partial charge in [-0.15, -0.1) is 0 Å². The minimum Gasteiger partial charge on any atom is -0.0839 e. The largest absolute Gasteiger partial charge is 0.0839 e. The lowest BCUT2D eigenvalue weighted by atomic mass is 10.0. The molecule has 0 bridgehead atoms. The van der Waals surface area contributed by atoms with Crippen LogP contribution in [0.15, 0.2) is 24.3 Å². The molecular formula is C16H24. The monoisotopic (exact) mass is 216 g/mol. The lowest BCUT2D eigenvalue weighted by Crippen LogP contribution is -1.84. The number of hydrogen-bond acceptors (Lipinski definition) is 0.